The number of hydrogen-bond acceptors (Lipinski definition) is 3. The van der Waals surface area contributed by atoms with Crippen molar-refractivity contribution >= 4 is 28.3 Å². The van der Waals surface area contributed by atoms with Gasteiger partial charge in [0, 0.05) is 16.6 Å². The zero-order valence-corrected chi connectivity index (χ0v) is 9.64. The summed E-state index contributed by atoms with van der Waals surface area (Å²) in [5, 5.41) is 10.3. The van der Waals surface area contributed by atoms with E-state index < -0.39 is 4.92 Å². The summed E-state index contributed by atoms with van der Waals surface area (Å²) in [6.45, 7) is 0.654. The molecule has 0 radical (unpaired) electrons. The molecule has 0 fully saturated rings. The predicted octanol–water partition coefficient (Wildman–Crippen LogP) is 2.80. The fraction of sp³-hybridized carbons (Fsp3) is 0.333. The van der Waals surface area contributed by atoms with Crippen LogP contribution in [0.3, 0.4) is 0 Å². The molecule has 0 heterocycles. The molecule has 4 nitrogen and oxygen atoms in total. The van der Waals surface area contributed by atoms with Gasteiger partial charge in [-0.3, -0.25) is 10.1 Å². The number of hydrogen-bond donors (Lipinski definition) is 0. The van der Waals surface area contributed by atoms with Crippen LogP contribution in [-0.4, -0.2) is 16.0 Å². The molecular formula is C9H10INO3. The maximum absolute atomic E-state index is 10.3. The second-order valence-corrected chi connectivity index (χ2v) is 3.72. The van der Waals surface area contributed by atoms with Crippen LogP contribution in [0.2, 0.25) is 0 Å². The van der Waals surface area contributed by atoms with Gasteiger partial charge in [0.1, 0.15) is 5.75 Å². The molecular weight excluding hydrogens is 297 g/mol. The van der Waals surface area contributed by atoms with E-state index in [1.54, 1.807) is 12.1 Å². The third kappa shape index (κ3) is 3.49. The summed E-state index contributed by atoms with van der Waals surface area (Å²) >= 11 is 2.27. The summed E-state index contributed by atoms with van der Waals surface area (Å²) in [5.74, 6) is 0.681. The molecule has 0 atom stereocenters. The van der Waals surface area contributed by atoms with E-state index in [2.05, 4.69) is 22.6 Å². The number of nitro groups is 1. The topological polar surface area (TPSA) is 52.4 Å². The van der Waals surface area contributed by atoms with E-state index in [1.165, 1.54) is 12.1 Å². The first-order chi connectivity index (χ1) is 6.74. The fourth-order valence-corrected chi connectivity index (χ4v) is 1.22. The molecule has 14 heavy (non-hydrogen) atoms. The van der Waals surface area contributed by atoms with Crippen molar-refractivity contribution in [3.05, 3.63) is 34.4 Å². The second-order valence-electron chi connectivity index (χ2n) is 2.64. The smallest absolute Gasteiger partial charge is 0.269 e. The van der Waals surface area contributed by atoms with Crippen molar-refractivity contribution in [2.75, 3.05) is 11.0 Å². The van der Waals surface area contributed by atoms with Crippen LogP contribution in [-0.2, 0) is 0 Å². The Morgan fingerprint density at radius 3 is 2.50 bits per heavy atom. The van der Waals surface area contributed by atoms with Crippen molar-refractivity contribution in [1.29, 1.82) is 0 Å². The van der Waals surface area contributed by atoms with E-state index in [4.69, 9.17) is 4.74 Å². The molecule has 0 amide bonds. The molecule has 0 saturated carbocycles. The summed E-state index contributed by atoms with van der Waals surface area (Å²) in [6, 6.07) is 6.12. The number of halogens is 1. The lowest BCUT2D eigenvalue weighted by Crippen LogP contribution is -1.97. The van der Waals surface area contributed by atoms with E-state index in [-0.39, 0.29) is 5.69 Å². The standard InChI is InChI=1S/C9H10INO3/c10-6-1-7-14-9-4-2-8(3-5-9)11(12)13/h2-5H,1,6-7H2. The minimum atomic E-state index is -0.422. The number of ether oxygens (including phenoxy) is 1. The molecule has 0 spiro atoms. The lowest BCUT2D eigenvalue weighted by Gasteiger charge is -2.03. The van der Waals surface area contributed by atoms with Gasteiger partial charge in [-0.1, -0.05) is 22.6 Å². The zero-order chi connectivity index (χ0) is 10.4. The van der Waals surface area contributed by atoms with Crippen molar-refractivity contribution < 1.29 is 9.66 Å². The maximum atomic E-state index is 10.3. The highest BCUT2D eigenvalue weighted by atomic mass is 127. The van der Waals surface area contributed by atoms with Crippen LogP contribution in [0.5, 0.6) is 5.75 Å². The Bertz CT molecular complexity index is 299. The number of nitro benzene ring substituents is 1. The quantitative estimate of drug-likeness (QED) is 0.276. The summed E-state index contributed by atoms with van der Waals surface area (Å²) < 4.78 is 6.40. The first-order valence-corrected chi connectivity index (χ1v) is 5.70. The van der Waals surface area contributed by atoms with Gasteiger partial charge in [0.2, 0.25) is 0 Å². The van der Waals surface area contributed by atoms with Crippen LogP contribution in [0.1, 0.15) is 6.42 Å². The van der Waals surface area contributed by atoms with E-state index >= 15 is 0 Å². The summed E-state index contributed by atoms with van der Waals surface area (Å²) in [7, 11) is 0. The van der Waals surface area contributed by atoms with E-state index in [1.807, 2.05) is 0 Å². The Morgan fingerprint density at radius 1 is 1.36 bits per heavy atom. The largest absolute Gasteiger partial charge is 0.494 e. The molecule has 1 aromatic rings. The van der Waals surface area contributed by atoms with Crippen LogP contribution in [0.4, 0.5) is 5.69 Å². The average Bonchev–Trinajstić information content (AvgIpc) is 2.19. The van der Waals surface area contributed by atoms with Crippen molar-refractivity contribution in [2.45, 2.75) is 6.42 Å². The molecule has 0 unspecified atom stereocenters. The van der Waals surface area contributed by atoms with Crippen molar-refractivity contribution in [3.63, 3.8) is 0 Å². The molecule has 0 bridgehead atoms. The Morgan fingerprint density at radius 2 is 2.00 bits per heavy atom. The molecule has 5 heteroatoms. The third-order valence-corrected chi connectivity index (χ3v) is 2.36. The van der Waals surface area contributed by atoms with Crippen LogP contribution in [0.25, 0.3) is 0 Å². The molecule has 0 aromatic heterocycles. The highest BCUT2D eigenvalue weighted by Crippen LogP contribution is 2.17. The van der Waals surface area contributed by atoms with Gasteiger partial charge >= 0.3 is 0 Å². The summed E-state index contributed by atoms with van der Waals surface area (Å²) in [4.78, 5) is 9.91. The molecule has 0 aliphatic heterocycles. The Kier molecular flexibility index (Phi) is 4.64. The highest BCUT2D eigenvalue weighted by molar-refractivity contribution is 14.1. The fourth-order valence-electron chi connectivity index (χ4n) is 0.909. The SMILES string of the molecule is O=[N+]([O-])c1ccc(OCCCI)cc1. The lowest BCUT2D eigenvalue weighted by atomic mass is 10.3. The highest BCUT2D eigenvalue weighted by Gasteiger charge is 2.03. The van der Waals surface area contributed by atoms with Crippen molar-refractivity contribution in [1.82, 2.24) is 0 Å². The van der Waals surface area contributed by atoms with Crippen LogP contribution < -0.4 is 4.74 Å². The predicted molar refractivity (Wildman–Crippen MR) is 62.1 cm³/mol. The summed E-state index contributed by atoms with van der Waals surface area (Å²) in [6.07, 6.45) is 0.984. The number of non-ortho nitro benzene ring substituents is 1. The van der Waals surface area contributed by atoms with Gasteiger partial charge in [-0.2, -0.15) is 0 Å². The second kappa shape index (κ2) is 5.79. The monoisotopic (exact) mass is 307 g/mol. The number of nitrogens with zero attached hydrogens (tertiary/aromatic N) is 1. The van der Waals surface area contributed by atoms with Gasteiger partial charge in [-0.25, -0.2) is 0 Å². The van der Waals surface area contributed by atoms with E-state index in [0.29, 0.717) is 12.4 Å². The van der Waals surface area contributed by atoms with Gasteiger partial charge in [0.15, 0.2) is 0 Å². The lowest BCUT2D eigenvalue weighted by molar-refractivity contribution is -0.384. The van der Waals surface area contributed by atoms with Crippen LogP contribution >= 0.6 is 22.6 Å². The molecule has 1 rings (SSSR count). The minimum absolute atomic E-state index is 0.0891. The van der Waals surface area contributed by atoms with E-state index in [9.17, 15) is 10.1 Å². The Labute approximate surface area is 95.6 Å². The van der Waals surface area contributed by atoms with E-state index in [0.717, 1.165) is 10.8 Å². The first kappa shape index (κ1) is 11.2. The number of benzene rings is 1. The molecule has 0 aliphatic carbocycles. The van der Waals surface area contributed by atoms with Crippen LogP contribution in [0.15, 0.2) is 24.3 Å². The average molecular weight is 307 g/mol. The van der Waals surface area contributed by atoms with Crippen molar-refractivity contribution in [2.24, 2.45) is 0 Å². The Balaban J connectivity index is 2.51. The normalized spacial score (nSPS) is 9.79. The van der Waals surface area contributed by atoms with Gasteiger partial charge in [-0.05, 0) is 18.6 Å². The van der Waals surface area contributed by atoms with Gasteiger partial charge in [-0.15, -0.1) is 0 Å². The summed E-state index contributed by atoms with van der Waals surface area (Å²) in [5.41, 5.74) is 0.0891. The van der Waals surface area contributed by atoms with Gasteiger partial charge < -0.3 is 4.74 Å². The minimum Gasteiger partial charge on any atom is -0.494 e. The molecule has 76 valence electrons. The molecule has 0 N–H and O–H groups in total. The molecule has 1 aromatic carbocycles. The van der Waals surface area contributed by atoms with Crippen molar-refractivity contribution in [3.8, 4) is 5.75 Å². The zero-order valence-electron chi connectivity index (χ0n) is 7.48. The third-order valence-electron chi connectivity index (χ3n) is 1.59. The van der Waals surface area contributed by atoms with Crippen LogP contribution in [0, 0.1) is 10.1 Å². The molecule has 0 aliphatic rings. The molecule has 0 saturated heterocycles. The van der Waals surface area contributed by atoms with Gasteiger partial charge in [0.05, 0.1) is 11.5 Å². The van der Waals surface area contributed by atoms with Gasteiger partial charge in [0.25, 0.3) is 5.69 Å². The number of rotatable bonds is 5. The number of alkyl halides is 1. The maximum Gasteiger partial charge on any atom is 0.269 e. The first-order valence-electron chi connectivity index (χ1n) is 4.17. The Hall–Kier alpha value is -0.850.